The van der Waals surface area contributed by atoms with Crippen molar-refractivity contribution in [2.24, 2.45) is 0 Å². The van der Waals surface area contributed by atoms with Gasteiger partial charge in [-0.2, -0.15) is 5.10 Å². The Morgan fingerprint density at radius 2 is 1.89 bits per heavy atom. The monoisotopic (exact) mass is 381 g/mol. The van der Waals surface area contributed by atoms with E-state index in [-0.39, 0.29) is 11.9 Å². The van der Waals surface area contributed by atoms with Gasteiger partial charge in [-0.25, -0.2) is 9.07 Å². The van der Waals surface area contributed by atoms with E-state index in [1.165, 1.54) is 17.7 Å². The lowest BCUT2D eigenvalue weighted by molar-refractivity contribution is -0.0864. The Bertz CT molecular complexity index is 901. The highest BCUT2D eigenvalue weighted by atomic mass is 19.1. The molecule has 1 atom stereocenters. The molecule has 2 aromatic carbocycles. The van der Waals surface area contributed by atoms with Crippen LogP contribution in [0.4, 0.5) is 4.39 Å². The van der Waals surface area contributed by atoms with E-state index in [4.69, 9.17) is 14.6 Å². The molecule has 5 nitrogen and oxygen atoms in total. The molecule has 1 aliphatic heterocycles. The molecule has 1 aromatic heterocycles. The Hall–Kier alpha value is -2.54. The smallest absolute Gasteiger partial charge is 0.123 e. The highest BCUT2D eigenvalue weighted by Crippen LogP contribution is 2.24. The zero-order valence-corrected chi connectivity index (χ0v) is 15.9. The van der Waals surface area contributed by atoms with Gasteiger partial charge in [0.05, 0.1) is 37.3 Å². The first-order valence-corrected chi connectivity index (χ1v) is 9.50. The highest BCUT2D eigenvalue weighted by Gasteiger charge is 2.16. The first-order chi connectivity index (χ1) is 13.7. The number of aromatic nitrogens is 2. The van der Waals surface area contributed by atoms with Crippen LogP contribution < -0.4 is 5.32 Å². The average molecular weight is 381 g/mol. The van der Waals surface area contributed by atoms with E-state index in [9.17, 15) is 4.39 Å². The van der Waals surface area contributed by atoms with Crippen LogP contribution in [-0.4, -0.2) is 42.2 Å². The number of nitrogens with zero attached hydrogens (tertiary/aromatic N) is 2. The normalized spacial score (nSPS) is 17.0. The van der Waals surface area contributed by atoms with Crippen LogP contribution in [0.5, 0.6) is 0 Å². The molecule has 0 radical (unpaired) electrons. The Labute approximate surface area is 164 Å². The second-order valence-corrected chi connectivity index (χ2v) is 6.99. The fraction of sp³-hybridized carbons (Fsp3) is 0.318. The van der Waals surface area contributed by atoms with E-state index >= 15 is 0 Å². The maximum absolute atomic E-state index is 13.4. The first-order valence-electron chi connectivity index (χ1n) is 9.50. The summed E-state index contributed by atoms with van der Waals surface area (Å²) in [6, 6.07) is 14.7. The highest BCUT2D eigenvalue weighted by molar-refractivity contribution is 5.63. The Kier molecular flexibility index (Phi) is 5.81. The lowest BCUT2D eigenvalue weighted by Crippen LogP contribution is -2.37. The Balaban J connectivity index is 1.56. The number of ether oxygens (including phenoxy) is 2. The van der Waals surface area contributed by atoms with E-state index in [1.807, 2.05) is 23.0 Å². The molecule has 2 heterocycles. The fourth-order valence-electron chi connectivity index (χ4n) is 3.24. The summed E-state index contributed by atoms with van der Waals surface area (Å²) in [5.41, 5.74) is 4.97. The van der Waals surface area contributed by atoms with E-state index in [0.29, 0.717) is 32.9 Å². The predicted octanol–water partition coefficient (Wildman–Crippen LogP) is 3.49. The molecule has 0 saturated carbocycles. The second-order valence-electron chi connectivity index (χ2n) is 6.99. The summed E-state index contributed by atoms with van der Waals surface area (Å²) in [5, 5.41) is 8.21. The number of nitrogens with one attached hydrogen (secondary N) is 1. The van der Waals surface area contributed by atoms with Gasteiger partial charge < -0.3 is 14.8 Å². The summed E-state index contributed by atoms with van der Waals surface area (Å²) >= 11 is 0. The largest absolute Gasteiger partial charge is 0.376 e. The maximum Gasteiger partial charge on any atom is 0.123 e. The van der Waals surface area contributed by atoms with Gasteiger partial charge in [-0.3, -0.25) is 0 Å². The van der Waals surface area contributed by atoms with Crippen LogP contribution in [0, 0.1) is 12.7 Å². The van der Waals surface area contributed by atoms with Gasteiger partial charge in [0.25, 0.3) is 0 Å². The van der Waals surface area contributed by atoms with Crippen molar-refractivity contribution in [2.45, 2.75) is 19.6 Å². The molecule has 28 heavy (non-hydrogen) atoms. The average Bonchev–Trinajstić information content (AvgIpc) is 3.14. The van der Waals surface area contributed by atoms with Crippen LogP contribution in [0.15, 0.2) is 54.7 Å². The molecule has 3 aromatic rings. The van der Waals surface area contributed by atoms with Gasteiger partial charge in [0.15, 0.2) is 0 Å². The van der Waals surface area contributed by atoms with Crippen molar-refractivity contribution in [3.8, 4) is 16.9 Å². The van der Waals surface area contributed by atoms with Gasteiger partial charge in [-0.05, 0) is 43.3 Å². The molecule has 0 amide bonds. The number of halogens is 1. The van der Waals surface area contributed by atoms with Crippen molar-refractivity contribution in [1.82, 2.24) is 15.1 Å². The van der Waals surface area contributed by atoms with Crippen molar-refractivity contribution >= 4 is 0 Å². The summed E-state index contributed by atoms with van der Waals surface area (Å²) in [7, 11) is 0. The topological polar surface area (TPSA) is 48.3 Å². The van der Waals surface area contributed by atoms with Crippen molar-refractivity contribution in [3.63, 3.8) is 0 Å². The third kappa shape index (κ3) is 4.47. The van der Waals surface area contributed by atoms with Gasteiger partial charge in [0, 0.05) is 30.4 Å². The van der Waals surface area contributed by atoms with Gasteiger partial charge in [0.1, 0.15) is 5.82 Å². The molecular formula is C22H24FN3O2. The molecule has 146 valence electrons. The predicted molar refractivity (Wildman–Crippen MR) is 106 cm³/mol. The lowest BCUT2D eigenvalue weighted by Gasteiger charge is -2.23. The zero-order chi connectivity index (χ0) is 19.3. The van der Waals surface area contributed by atoms with Crippen LogP contribution in [-0.2, 0) is 16.0 Å². The molecule has 0 unspecified atom stereocenters. The first kappa shape index (κ1) is 18.8. The van der Waals surface area contributed by atoms with E-state index in [2.05, 4.69) is 24.4 Å². The molecule has 1 aliphatic rings. The van der Waals surface area contributed by atoms with E-state index in [0.717, 1.165) is 22.5 Å². The summed E-state index contributed by atoms with van der Waals surface area (Å²) in [4.78, 5) is 0. The molecule has 1 saturated heterocycles. The summed E-state index contributed by atoms with van der Waals surface area (Å²) < 4.78 is 26.3. The van der Waals surface area contributed by atoms with E-state index in [1.54, 1.807) is 12.1 Å². The van der Waals surface area contributed by atoms with Crippen LogP contribution in [0.1, 0.15) is 11.1 Å². The minimum atomic E-state index is -0.254. The standard InChI is InChI=1S/C22H24FN3O2/c1-16-2-8-20(9-3-16)26-14-18(12-24-13-21-15-27-10-11-28-21)22(25-26)17-4-6-19(23)7-5-17/h2-9,14,21,24H,10-13,15H2,1H3/t21-/m1/s1. The number of hydrogen-bond acceptors (Lipinski definition) is 4. The molecule has 0 aliphatic carbocycles. The SMILES string of the molecule is Cc1ccc(-n2cc(CNC[C@@H]3COCCO3)c(-c3ccc(F)cc3)n2)cc1. The fourth-order valence-corrected chi connectivity index (χ4v) is 3.24. The summed E-state index contributed by atoms with van der Waals surface area (Å²) in [6.07, 6.45) is 2.09. The number of aryl methyl sites for hydroxylation is 1. The van der Waals surface area contributed by atoms with Crippen LogP contribution >= 0.6 is 0 Å². The lowest BCUT2D eigenvalue weighted by atomic mass is 10.1. The third-order valence-corrected chi connectivity index (χ3v) is 4.78. The second kappa shape index (κ2) is 8.65. The minimum Gasteiger partial charge on any atom is -0.376 e. The zero-order valence-electron chi connectivity index (χ0n) is 15.9. The third-order valence-electron chi connectivity index (χ3n) is 4.78. The van der Waals surface area contributed by atoms with Crippen molar-refractivity contribution < 1.29 is 13.9 Å². The van der Waals surface area contributed by atoms with Crippen LogP contribution in [0.3, 0.4) is 0 Å². The van der Waals surface area contributed by atoms with Crippen molar-refractivity contribution in [3.05, 3.63) is 71.7 Å². The number of rotatable bonds is 6. The molecular weight excluding hydrogens is 357 g/mol. The van der Waals surface area contributed by atoms with Gasteiger partial charge in [0.2, 0.25) is 0 Å². The summed E-state index contributed by atoms with van der Waals surface area (Å²) in [6.45, 7) is 5.31. The van der Waals surface area contributed by atoms with Gasteiger partial charge >= 0.3 is 0 Å². The van der Waals surface area contributed by atoms with Crippen molar-refractivity contribution in [1.29, 1.82) is 0 Å². The van der Waals surface area contributed by atoms with E-state index < -0.39 is 0 Å². The number of benzene rings is 2. The Morgan fingerprint density at radius 3 is 2.61 bits per heavy atom. The minimum absolute atomic E-state index is 0.0650. The molecule has 6 heteroatoms. The van der Waals surface area contributed by atoms with Gasteiger partial charge in [-0.1, -0.05) is 17.7 Å². The summed E-state index contributed by atoms with van der Waals surface area (Å²) in [5.74, 6) is -0.254. The molecule has 4 rings (SSSR count). The van der Waals surface area contributed by atoms with Gasteiger partial charge in [-0.15, -0.1) is 0 Å². The molecule has 0 bridgehead atoms. The van der Waals surface area contributed by atoms with Crippen molar-refractivity contribution in [2.75, 3.05) is 26.4 Å². The quantitative estimate of drug-likeness (QED) is 0.710. The van der Waals surface area contributed by atoms with Crippen LogP contribution in [0.2, 0.25) is 0 Å². The molecule has 1 N–H and O–H groups in total. The maximum atomic E-state index is 13.4. The molecule has 0 spiro atoms. The molecule has 1 fully saturated rings. The van der Waals surface area contributed by atoms with Crippen LogP contribution in [0.25, 0.3) is 16.9 Å². The Morgan fingerprint density at radius 1 is 1.11 bits per heavy atom. The number of hydrogen-bond donors (Lipinski definition) is 1.